The fourth-order valence-electron chi connectivity index (χ4n) is 1.46. The highest BCUT2D eigenvalue weighted by molar-refractivity contribution is 7.09. The van der Waals surface area contributed by atoms with Crippen LogP contribution in [-0.4, -0.2) is 17.1 Å². The van der Waals surface area contributed by atoms with Crippen LogP contribution in [0.15, 0.2) is 34.7 Å². The summed E-state index contributed by atoms with van der Waals surface area (Å²) in [5.74, 6) is -0.592. The number of carbonyl (C=O) groups is 1. The van der Waals surface area contributed by atoms with Gasteiger partial charge in [0.15, 0.2) is 0 Å². The summed E-state index contributed by atoms with van der Waals surface area (Å²) < 4.78 is 12.9. The van der Waals surface area contributed by atoms with Gasteiger partial charge in [0.05, 0.1) is 23.3 Å². The molecule has 0 spiro atoms. The van der Waals surface area contributed by atoms with Gasteiger partial charge in [0.2, 0.25) is 5.91 Å². The Kier molecular flexibility index (Phi) is 4.35. The zero-order chi connectivity index (χ0) is 13.7. The summed E-state index contributed by atoms with van der Waals surface area (Å²) in [5, 5.41) is 6.53. The van der Waals surface area contributed by atoms with Crippen LogP contribution >= 0.6 is 11.3 Å². The number of rotatable bonds is 4. The summed E-state index contributed by atoms with van der Waals surface area (Å²) in [6, 6.07) is 5.96. The number of hydrogen-bond acceptors (Lipinski definition) is 4. The lowest BCUT2D eigenvalue weighted by Gasteiger charge is -1.97. The third kappa shape index (κ3) is 4.26. The molecule has 0 aliphatic rings. The van der Waals surface area contributed by atoms with Crippen molar-refractivity contribution in [2.75, 3.05) is 0 Å². The number of benzene rings is 1. The van der Waals surface area contributed by atoms with E-state index >= 15 is 0 Å². The number of carbonyl (C=O) groups excluding carboxylic acids is 1. The van der Waals surface area contributed by atoms with E-state index in [2.05, 4.69) is 15.5 Å². The lowest BCUT2D eigenvalue weighted by atomic mass is 10.2. The summed E-state index contributed by atoms with van der Waals surface area (Å²) >= 11 is 1.50. The molecule has 0 unspecified atom stereocenters. The van der Waals surface area contributed by atoms with Crippen molar-refractivity contribution >= 4 is 23.5 Å². The van der Waals surface area contributed by atoms with Crippen molar-refractivity contribution in [3.05, 3.63) is 51.7 Å². The number of aromatic nitrogens is 1. The fraction of sp³-hybridized carbons (Fsp3) is 0.154. The summed E-state index contributed by atoms with van der Waals surface area (Å²) in [4.78, 5) is 15.7. The van der Waals surface area contributed by atoms with Gasteiger partial charge in [-0.2, -0.15) is 5.10 Å². The second kappa shape index (κ2) is 6.19. The van der Waals surface area contributed by atoms with Crippen LogP contribution < -0.4 is 5.43 Å². The molecule has 6 heteroatoms. The van der Waals surface area contributed by atoms with E-state index in [1.54, 1.807) is 12.1 Å². The van der Waals surface area contributed by atoms with Crippen LogP contribution in [-0.2, 0) is 11.2 Å². The Labute approximate surface area is 114 Å². The zero-order valence-corrected chi connectivity index (χ0v) is 11.1. The number of amides is 1. The molecule has 1 amide bonds. The lowest BCUT2D eigenvalue weighted by molar-refractivity contribution is -0.120. The predicted octanol–water partition coefficient (Wildman–Crippen LogP) is 2.28. The highest BCUT2D eigenvalue weighted by Crippen LogP contribution is 2.08. The molecular weight excluding hydrogens is 265 g/mol. The fourth-order valence-corrected chi connectivity index (χ4v) is 2.07. The largest absolute Gasteiger partial charge is 0.273 e. The molecule has 2 aromatic rings. The van der Waals surface area contributed by atoms with Crippen molar-refractivity contribution in [3.63, 3.8) is 0 Å². The monoisotopic (exact) mass is 277 g/mol. The minimum Gasteiger partial charge on any atom is -0.273 e. The summed E-state index contributed by atoms with van der Waals surface area (Å²) in [7, 11) is 0. The van der Waals surface area contributed by atoms with E-state index in [0.29, 0.717) is 5.56 Å². The molecule has 1 N–H and O–H groups in total. The molecule has 0 saturated carbocycles. The van der Waals surface area contributed by atoms with Gasteiger partial charge >= 0.3 is 0 Å². The molecule has 0 saturated heterocycles. The van der Waals surface area contributed by atoms with E-state index < -0.39 is 0 Å². The van der Waals surface area contributed by atoms with Crippen molar-refractivity contribution in [3.8, 4) is 0 Å². The average molecular weight is 277 g/mol. The van der Waals surface area contributed by atoms with Crippen LogP contribution in [0.1, 0.15) is 16.3 Å². The zero-order valence-electron chi connectivity index (χ0n) is 10.3. The van der Waals surface area contributed by atoms with Gasteiger partial charge < -0.3 is 0 Å². The molecule has 0 atom stereocenters. The topological polar surface area (TPSA) is 54.4 Å². The lowest BCUT2D eigenvalue weighted by Crippen LogP contribution is -2.19. The van der Waals surface area contributed by atoms with Gasteiger partial charge in [-0.1, -0.05) is 12.1 Å². The number of nitrogens with one attached hydrogen (secondary N) is 1. The van der Waals surface area contributed by atoms with Crippen molar-refractivity contribution in [1.29, 1.82) is 0 Å². The Balaban J connectivity index is 1.86. The number of aryl methyl sites for hydroxylation is 1. The Bertz CT molecular complexity index is 609. The molecule has 0 fully saturated rings. The van der Waals surface area contributed by atoms with Crippen LogP contribution in [0.5, 0.6) is 0 Å². The number of thiazole rings is 1. The quantitative estimate of drug-likeness (QED) is 0.688. The third-order valence-corrected chi connectivity index (χ3v) is 3.08. The maximum atomic E-state index is 12.9. The normalized spacial score (nSPS) is 10.8. The molecule has 1 heterocycles. The highest BCUT2D eigenvalue weighted by Gasteiger charge is 2.04. The standard InChI is InChI=1S/C13H12FN3OS/c1-9-16-12(8-19-9)6-13(18)17-15-7-10-3-2-4-11(14)5-10/h2-5,7-8H,6H2,1H3,(H,17,18)/b15-7-. The molecule has 98 valence electrons. The van der Waals surface area contributed by atoms with Gasteiger partial charge in [0.1, 0.15) is 5.82 Å². The van der Waals surface area contributed by atoms with Gasteiger partial charge in [0.25, 0.3) is 0 Å². The summed E-state index contributed by atoms with van der Waals surface area (Å²) in [6.45, 7) is 1.88. The van der Waals surface area contributed by atoms with Crippen LogP contribution in [0.2, 0.25) is 0 Å². The number of hydrazone groups is 1. The van der Waals surface area contributed by atoms with Gasteiger partial charge in [-0.25, -0.2) is 14.8 Å². The van der Waals surface area contributed by atoms with E-state index in [1.165, 1.54) is 29.7 Å². The van der Waals surface area contributed by atoms with Gasteiger partial charge in [-0.05, 0) is 24.6 Å². The van der Waals surface area contributed by atoms with E-state index in [1.807, 2.05) is 12.3 Å². The Hall–Kier alpha value is -2.08. The molecule has 19 heavy (non-hydrogen) atoms. The molecule has 4 nitrogen and oxygen atoms in total. The molecular formula is C13H12FN3OS. The van der Waals surface area contributed by atoms with E-state index in [4.69, 9.17) is 0 Å². The van der Waals surface area contributed by atoms with Crippen LogP contribution in [0.4, 0.5) is 4.39 Å². The van der Waals surface area contributed by atoms with Crippen molar-refractivity contribution in [1.82, 2.24) is 10.4 Å². The van der Waals surface area contributed by atoms with Gasteiger partial charge in [0, 0.05) is 5.38 Å². The molecule has 0 radical (unpaired) electrons. The van der Waals surface area contributed by atoms with E-state index in [-0.39, 0.29) is 18.1 Å². The first kappa shape index (κ1) is 13.4. The first-order valence-electron chi connectivity index (χ1n) is 5.62. The maximum Gasteiger partial charge on any atom is 0.246 e. The van der Waals surface area contributed by atoms with Gasteiger partial charge in [-0.15, -0.1) is 11.3 Å². The molecule has 1 aromatic carbocycles. The highest BCUT2D eigenvalue weighted by atomic mass is 32.1. The van der Waals surface area contributed by atoms with Crippen molar-refractivity contribution in [2.24, 2.45) is 5.10 Å². The summed E-state index contributed by atoms with van der Waals surface area (Å²) in [5.41, 5.74) is 3.69. The SMILES string of the molecule is Cc1nc(CC(=O)N/N=C\c2cccc(F)c2)cs1. The second-order valence-corrected chi connectivity index (χ2v) is 4.95. The Morgan fingerprint density at radius 3 is 3.11 bits per heavy atom. The van der Waals surface area contributed by atoms with Crippen molar-refractivity contribution in [2.45, 2.75) is 13.3 Å². The average Bonchev–Trinajstić information content (AvgIpc) is 2.75. The van der Waals surface area contributed by atoms with E-state index in [0.717, 1.165) is 10.7 Å². The number of hydrogen-bond donors (Lipinski definition) is 1. The first-order valence-corrected chi connectivity index (χ1v) is 6.50. The molecule has 1 aromatic heterocycles. The third-order valence-electron chi connectivity index (χ3n) is 2.26. The minimum atomic E-state index is -0.340. The number of halogens is 1. The van der Waals surface area contributed by atoms with Crippen molar-refractivity contribution < 1.29 is 9.18 Å². The second-order valence-electron chi connectivity index (χ2n) is 3.88. The molecule has 0 aliphatic carbocycles. The number of nitrogens with zero attached hydrogens (tertiary/aromatic N) is 2. The minimum absolute atomic E-state index is 0.185. The molecule has 0 bridgehead atoms. The Morgan fingerprint density at radius 2 is 2.42 bits per heavy atom. The summed E-state index contributed by atoms with van der Waals surface area (Å²) in [6.07, 6.45) is 1.58. The molecule has 2 rings (SSSR count). The molecule has 0 aliphatic heterocycles. The maximum absolute atomic E-state index is 12.9. The smallest absolute Gasteiger partial charge is 0.246 e. The van der Waals surface area contributed by atoms with Crippen LogP contribution in [0, 0.1) is 12.7 Å². The van der Waals surface area contributed by atoms with Crippen LogP contribution in [0.3, 0.4) is 0 Å². The first-order chi connectivity index (χ1) is 9.13. The van der Waals surface area contributed by atoms with Crippen LogP contribution in [0.25, 0.3) is 0 Å². The van der Waals surface area contributed by atoms with E-state index in [9.17, 15) is 9.18 Å². The Morgan fingerprint density at radius 1 is 1.58 bits per heavy atom. The predicted molar refractivity (Wildman–Crippen MR) is 72.7 cm³/mol. The van der Waals surface area contributed by atoms with Gasteiger partial charge in [-0.3, -0.25) is 4.79 Å².